The van der Waals surface area contributed by atoms with Crippen molar-refractivity contribution >= 4 is 5.91 Å². The van der Waals surface area contributed by atoms with E-state index < -0.39 is 0 Å². The largest absolute Gasteiger partial charge is 0.334 e. The van der Waals surface area contributed by atoms with Gasteiger partial charge in [-0.3, -0.25) is 9.78 Å². The van der Waals surface area contributed by atoms with Gasteiger partial charge in [-0.15, -0.1) is 0 Å². The molecule has 0 unspecified atom stereocenters. The fraction of sp³-hybridized carbons (Fsp3) is 0.250. The van der Waals surface area contributed by atoms with E-state index >= 15 is 0 Å². The molecular formula is C20H20N4O. The van der Waals surface area contributed by atoms with Gasteiger partial charge in [-0.1, -0.05) is 30.3 Å². The number of amides is 1. The van der Waals surface area contributed by atoms with Crippen LogP contribution in [0.15, 0.2) is 55.0 Å². The number of aromatic nitrogens is 3. The van der Waals surface area contributed by atoms with Crippen molar-refractivity contribution in [2.45, 2.75) is 19.9 Å². The minimum absolute atomic E-state index is 0.0564. The molecule has 0 atom stereocenters. The van der Waals surface area contributed by atoms with E-state index in [1.165, 1.54) is 0 Å². The third-order valence-electron chi connectivity index (χ3n) is 4.80. The molecule has 2 aromatic heterocycles. The van der Waals surface area contributed by atoms with Crippen LogP contribution >= 0.6 is 0 Å². The highest BCUT2D eigenvalue weighted by Gasteiger charge is 2.34. The second-order valence-corrected chi connectivity index (χ2v) is 6.51. The van der Waals surface area contributed by atoms with Gasteiger partial charge in [-0.25, -0.2) is 4.98 Å². The lowest BCUT2D eigenvalue weighted by molar-refractivity contribution is 0.0519. The van der Waals surface area contributed by atoms with E-state index in [2.05, 4.69) is 33.6 Å². The summed E-state index contributed by atoms with van der Waals surface area (Å²) in [6.07, 6.45) is 5.27. The summed E-state index contributed by atoms with van der Waals surface area (Å²) in [7, 11) is 0. The Morgan fingerprint density at radius 2 is 1.84 bits per heavy atom. The van der Waals surface area contributed by atoms with Crippen molar-refractivity contribution in [3.63, 3.8) is 0 Å². The zero-order valence-corrected chi connectivity index (χ0v) is 14.4. The van der Waals surface area contributed by atoms with E-state index in [1.54, 1.807) is 12.4 Å². The van der Waals surface area contributed by atoms with Crippen molar-refractivity contribution in [3.05, 3.63) is 71.8 Å². The molecule has 1 fully saturated rings. The predicted molar refractivity (Wildman–Crippen MR) is 96.3 cm³/mol. The first-order valence-electron chi connectivity index (χ1n) is 8.44. The van der Waals surface area contributed by atoms with Gasteiger partial charge < -0.3 is 9.47 Å². The van der Waals surface area contributed by atoms with E-state index in [9.17, 15) is 4.79 Å². The molecule has 5 heteroatoms. The Labute approximate surface area is 147 Å². The number of carbonyl (C=O) groups excluding carboxylic acids is 1. The highest BCUT2D eigenvalue weighted by atomic mass is 16.2. The molecule has 126 valence electrons. The molecule has 1 saturated heterocycles. The molecule has 5 nitrogen and oxygen atoms in total. The normalized spacial score (nSPS) is 14.4. The van der Waals surface area contributed by atoms with Crippen LogP contribution in [0.1, 0.15) is 27.7 Å². The summed E-state index contributed by atoms with van der Waals surface area (Å²) in [5.74, 6) is 1.02. The van der Waals surface area contributed by atoms with Crippen LogP contribution in [0.2, 0.25) is 0 Å². The Kier molecular flexibility index (Phi) is 3.84. The first kappa shape index (κ1) is 15.6. The zero-order chi connectivity index (χ0) is 17.4. The van der Waals surface area contributed by atoms with Crippen molar-refractivity contribution in [1.29, 1.82) is 0 Å². The summed E-state index contributed by atoms with van der Waals surface area (Å²) in [6.45, 7) is 5.41. The fourth-order valence-corrected chi connectivity index (χ4v) is 3.35. The predicted octanol–water partition coefficient (Wildman–Crippen LogP) is 3.26. The van der Waals surface area contributed by atoms with Crippen LogP contribution in [-0.2, 0) is 0 Å². The van der Waals surface area contributed by atoms with Crippen molar-refractivity contribution in [2.75, 3.05) is 13.1 Å². The average Bonchev–Trinajstić information content (AvgIpc) is 2.96. The van der Waals surface area contributed by atoms with Crippen LogP contribution in [0.5, 0.6) is 0 Å². The highest BCUT2D eigenvalue weighted by molar-refractivity contribution is 5.95. The monoisotopic (exact) mass is 332 g/mol. The van der Waals surface area contributed by atoms with Crippen molar-refractivity contribution in [1.82, 2.24) is 19.4 Å². The number of hydrogen-bond donors (Lipinski definition) is 0. The van der Waals surface area contributed by atoms with Gasteiger partial charge in [0, 0.05) is 42.9 Å². The second kappa shape index (κ2) is 6.16. The van der Waals surface area contributed by atoms with Crippen LogP contribution in [0.3, 0.4) is 0 Å². The number of carbonyl (C=O) groups is 1. The van der Waals surface area contributed by atoms with E-state index in [1.807, 2.05) is 42.3 Å². The number of nitrogens with zero attached hydrogens (tertiary/aromatic N) is 4. The molecule has 0 spiro atoms. The summed E-state index contributed by atoms with van der Waals surface area (Å²) in [5, 5.41) is 0. The SMILES string of the molecule is Cc1ccncc1C(=O)N1CC(n2c(C)cnc2-c2ccccc2)C1. The topological polar surface area (TPSA) is 51.0 Å². The quantitative estimate of drug-likeness (QED) is 0.740. The lowest BCUT2D eigenvalue weighted by atomic mass is 10.0. The highest BCUT2D eigenvalue weighted by Crippen LogP contribution is 2.30. The number of hydrogen-bond acceptors (Lipinski definition) is 3. The molecule has 3 aromatic rings. The summed E-state index contributed by atoms with van der Waals surface area (Å²) in [6, 6.07) is 12.3. The minimum atomic E-state index is 0.0564. The average molecular weight is 332 g/mol. The van der Waals surface area contributed by atoms with Gasteiger partial charge in [0.1, 0.15) is 5.82 Å². The van der Waals surface area contributed by atoms with Gasteiger partial charge in [0.05, 0.1) is 11.6 Å². The van der Waals surface area contributed by atoms with Crippen molar-refractivity contribution in [3.8, 4) is 11.4 Å². The van der Waals surface area contributed by atoms with Gasteiger partial charge >= 0.3 is 0 Å². The summed E-state index contributed by atoms with van der Waals surface area (Å²) >= 11 is 0. The maximum atomic E-state index is 12.7. The number of likely N-dealkylation sites (tertiary alicyclic amines) is 1. The molecule has 0 aliphatic carbocycles. The Balaban J connectivity index is 1.55. The summed E-state index contributed by atoms with van der Waals surface area (Å²) in [4.78, 5) is 23.2. The van der Waals surface area contributed by atoms with Gasteiger partial charge in [0.15, 0.2) is 0 Å². The van der Waals surface area contributed by atoms with Crippen LogP contribution in [0, 0.1) is 13.8 Å². The maximum Gasteiger partial charge on any atom is 0.255 e. The molecular weight excluding hydrogens is 312 g/mol. The van der Waals surface area contributed by atoms with E-state index in [-0.39, 0.29) is 11.9 Å². The van der Waals surface area contributed by atoms with Crippen molar-refractivity contribution < 1.29 is 4.79 Å². The Morgan fingerprint density at radius 1 is 1.08 bits per heavy atom. The van der Waals surface area contributed by atoms with E-state index in [0.717, 1.165) is 22.6 Å². The fourth-order valence-electron chi connectivity index (χ4n) is 3.35. The van der Waals surface area contributed by atoms with Gasteiger partial charge in [-0.05, 0) is 25.5 Å². The molecule has 1 amide bonds. The van der Waals surface area contributed by atoms with E-state index in [0.29, 0.717) is 18.7 Å². The van der Waals surface area contributed by atoms with Crippen LogP contribution in [0.4, 0.5) is 0 Å². The second-order valence-electron chi connectivity index (χ2n) is 6.51. The Hall–Kier alpha value is -2.95. The molecule has 1 aliphatic rings. The molecule has 4 rings (SSSR count). The molecule has 1 aromatic carbocycles. The van der Waals surface area contributed by atoms with Crippen molar-refractivity contribution in [2.24, 2.45) is 0 Å². The lowest BCUT2D eigenvalue weighted by Gasteiger charge is -2.41. The lowest BCUT2D eigenvalue weighted by Crippen LogP contribution is -2.51. The van der Waals surface area contributed by atoms with Crippen LogP contribution in [-0.4, -0.2) is 38.4 Å². The van der Waals surface area contributed by atoms with E-state index in [4.69, 9.17) is 0 Å². The standard InChI is InChI=1S/C20H20N4O/c1-14-8-9-21-11-18(14)20(25)23-12-17(13-23)24-15(2)10-22-19(24)16-6-4-3-5-7-16/h3-11,17H,12-13H2,1-2H3. The number of rotatable bonds is 3. The third kappa shape index (κ3) is 2.71. The van der Waals surface area contributed by atoms with Crippen LogP contribution in [0.25, 0.3) is 11.4 Å². The molecule has 0 saturated carbocycles. The number of imidazole rings is 1. The van der Waals surface area contributed by atoms with Gasteiger partial charge in [0.25, 0.3) is 5.91 Å². The Bertz CT molecular complexity index is 910. The summed E-state index contributed by atoms with van der Waals surface area (Å²) in [5.41, 5.74) is 3.87. The zero-order valence-electron chi connectivity index (χ0n) is 14.4. The number of benzene rings is 1. The molecule has 0 bridgehead atoms. The van der Waals surface area contributed by atoms with Gasteiger partial charge in [-0.2, -0.15) is 0 Å². The first-order valence-corrected chi connectivity index (χ1v) is 8.44. The van der Waals surface area contributed by atoms with Crippen LogP contribution < -0.4 is 0 Å². The summed E-state index contributed by atoms with van der Waals surface area (Å²) < 4.78 is 2.25. The smallest absolute Gasteiger partial charge is 0.255 e. The molecule has 1 aliphatic heterocycles. The molecule has 0 radical (unpaired) electrons. The third-order valence-corrected chi connectivity index (χ3v) is 4.80. The maximum absolute atomic E-state index is 12.7. The number of pyridine rings is 1. The number of aryl methyl sites for hydroxylation is 2. The van der Waals surface area contributed by atoms with Gasteiger partial charge in [0.2, 0.25) is 0 Å². The molecule has 0 N–H and O–H groups in total. The molecule has 3 heterocycles. The minimum Gasteiger partial charge on any atom is -0.334 e. The first-order chi connectivity index (χ1) is 12.1. The molecule has 25 heavy (non-hydrogen) atoms. The Morgan fingerprint density at radius 3 is 2.56 bits per heavy atom.